The highest BCUT2D eigenvalue weighted by Crippen LogP contribution is 2.24. The SMILES string of the molecule is CC1CCC(NC(C)COC2CCOC2)C1. The lowest BCUT2D eigenvalue weighted by Crippen LogP contribution is -2.38. The third-order valence-corrected chi connectivity index (χ3v) is 3.68. The Labute approximate surface area is 98.9 Å². The average molecular weight is 227 g/mol. The molecule has 4 atom stereocenters. The molecule has 1 aliphatic carbocycles. The minimum absolute atomic E-state index is 0.340. The minimum atomic E-state index is 0.340. The zero-order valence-electron chi connectivity index (χ0n) is 10.6. The predicted octanol–water partition coefficient (Wildman–Crippen LogP) is 1.96. The Morgan fingerprint density at radius 2 is 2.25 bits per heavy atom. The second-order valence-electron chi connectivity index (χ2n) is 5.50. The number of rotatable bonds is 5. The van der Waals surface area contributed by atoms with Crippen molar-refractivity contribution in [2.45, 2.75) is 57.7 Å². The van der Waals surface area contributed by atoms with Gasteiger partial charge in [-0.05, 0) is 38.5 Å². The highest BCUT2D eigenvalue weighted by atomic mass is 16.5. The van der Waals surface area contributed by atoms with Gasteiger partial charge in [0, 0.05) is 18.7 Å². The Balaban J connectivity index is 1.58. The number of ether oxygens (including phenoxy) is 2. The van der Waals surface area contributed by atoms with Gasteiger partial charge in [-0.3, -0.25) is 0 Å². The van der Waals surface area contributed by atoms with Gasteiger partial charge in [0.25, 0.3) is 0 Å². The van der Waals surface area contributed by atoms with Gasteiger partial charge >= 0.3 is 0 Å². The molecule has 0 aromatic heterocycles. The Bertz CT molecular complexity index is 204. The summed E-state index contributed by atoms with van der Waals surface area (Å²) in [5, 5.41) is 3.67. The summed E-state index contributed by atoms with van der Waals surface area (Å²) in [6.45, 7) is 7.04. The third kappa shape index (κ3) is 3.72. The van der Waals surface area contributed by atoms with E-state index in [4.69, 9.17) is 9.47 Å². The fourth-order valence-electron chi connectivity index (χ4n) is 2.73. The summed E-state index contributed by atoms with van der Waals surface area (Å²) in [6.07, 6.45) is 5.44. The van der Waals surface area contributed by atoms with Gasteiger partial charge in [0.1, 0.15) is 0 Å². The van der Waals surface area contributed by atoms with Crippen LogP contribution < -0.4 is 5.32 Å². The van der Waals surface area contributed by atoms with E-state index in [2.05, 4.69) is 19.2 Å². The quantitative estimate of drug-likeness (QED) is 0.779. The van der Waals surface area contributed by atoms with Gasteiger partial charge in [-0.15, -0.1) is 0 Å². The summed E-state index contributed by atoms with van der Waals surface area (Å²) in [7, 11) is 0. The number of hydrogen-bond donors (Lipinski definition) is 1. The van der Waals surface area contributed by atoms with Gasteiger partial charge in [0.05, 0.1) is 19.3 Å². The summed E-state index contributed by atoms with van der Waals surface area (Å²) in [6, 6.07) is 1.18. The van der Waals surface area contributed by atoms with Gasteiger partial charge < -0.3 is 14.8 Å². The Morgan fingerprint density at radius 3 is 2.88 bits per heavy atom. The first-order valence-electron chi connectivity index (χ1n) is 6.69. The van der Waals surface area contributed by atoms with E-state index >= 15 is 0 Å². The molecule has 3 nitrogen and oxygen atoms in total. The molecule has 1 heterocycles. The van der Waals surface area contributed by atoms with E-state index in [9.17, 15) is 0 Å². The second kappa shape index (κ2) is 5.99. The molecule has 1 saturated carbocycles. The van der Waals surface area contributed by atoms with Crippen LogP contribution in [0.4, 0.5) is 0 Å². The highest BCUT2D eigenvalue weighted by molar-refractivity contribution is 4.80. The molecule has 0 aromatic carbocycles. The molecular formula is C13H25NO2. The van der Waals surface area contributed by atoms with Crippen LogP contribution in [0.15, 0.2) is 0 Å². The molecule has 0 aromatic rings. The van der Waals surface area contributed by atoms with Crippen LogP contribution in [0.25, 0.3) is 0 Å². The van der Waals surface area contributed by atoms with Crippen molar-refractivity contribution < 1.29 is 9.47 Å². The Kier molecular flexibility index (Phi) is 4.62. The number of nitrogens with one attached hydrogen (secondary N) is 1. The lowest BCUT2D eigenvalue weighted by atomic mass is 10.1. The molecule has 2 fully saturated rings. The van der Waals surface area contributed by atoms with E-state index in [1.165, 1.54) is 19.3 Å². The molecule has 1 aliphatic heterocycles. The Hall–Kier alpha value is -0.120. The predicted molar refractivity (Wildman–Crippen MR) is 64.6 cm³/mol. The molecule has 0 amide bonds. The highest BCUT2D eigenvalue weighted by Gasteiger charge is 2.23. The lowest BCUT2D eigenvalue weighted by molar-refractivity contribution is 0.0309. The smallest absolute Gasteiger partial charge is 0.0831 e. The molecule has 3 heteroatoms. The van der Waals surface area contributed by atoms with E-state index in [0.717, 1.165) is 32.2 Å². The van der Waals surface area contributed by atoms with Gasteiger partial charge in [-0.25, -0.2) is 0 Å². The van der Waals surface area contributed by atoms with Crippen molar-refractivity contribution in [3.63, 3.8) is 0 Å². The molecule has 16 heavy (non-hydrogen) atoms. The fraction of sp³-hybridized carbons (Fsp3) is 1.00. The summed E-state index contributed by atoms with van der Waals surface area (Å²) in [5.41, 5.74) is 0. The summed E-state index contributed by atoms with van der Waals surface area (Å²) in [5.74, 6) is 0.897. The van der Waals surface area contributed by atoms with Gasteiger partial charge in [-0.1, -0.05) is 6.92 Å². The summed E-state index contributed by atoms with van der Waals surface area (Å²) < 4.78 is 11.1. The van der Waals surface area contributed by atoms with Crippen LogP contribution in [-0.2, 0) is 9.47 Å². The lowest BCUT2D eigenvalue weighted by Gasteiger charge is -2.21. The van der Waals surface area contributed by atoms with Crippen LogP contribution in [0.2, 0.25) is 0 Å². The van der Waals surface area contributed by atoms with Crippen LogP contribution in [-0.4, -0.2) is 38.0 Å². The summed E-state index contributed by atoms with van der Waals surface area (Å²) >= 11 is 0. The maximum Gasteiger partial charge on any atom is 0.0831 e. The molecule has 94 valence electrons. The van der Waals surface area contributed by atoms with Crippen molar-refractivity contribution in [2.24, 2.45) is 5.92 Å². The molecule has 0 radical (unpaired) electrons. The van der Waals surface area contributed by atoms with E-state index in [0.29, 0.717) is 18.2 Å². The molecular weight excluding hydrogens is 202 g/mol. The molecule has 1 N–H and O–H groups in total. The van der Waals surface area contributed by atoms with Crippen molar-refractivity contribution >= 4 is 0 Å². The monoisotopic (exact) mass is 227 g/mol. The third-order valence-electron chi connectivity index (χ3n) is 3.68. The average Bonchev–Trinajstić information content (AvgIpc) is 2.87. The van der Waals surface area contributed by atoms with E-state index < -0.39 is 0 Å². The number of hydrogen-bond acceptors (Lipinski definition) is 3. The van der Waals surface area contributed by atoms with Crippen molar-refractivity contribution in [3.8, 4) is 0 Å². The zero-order valence-corrected chi connectivity index (χ0v) is 10.6. The zero-order chi connectivity index (χ0) is 11.4. The van der Waals surface area contributed by atoms with E-state index in [-0.39, 0.29) is 0 Å². The van der Waals surface area contributed by atoms with Crippen molar-refractivity contribution in [1.82, 2.24) is 5.32 Å². The van der Waals surface area contributed by atoms with Crippen LogP contribution >= 0.6 is 0 Å². The molecule has 4 unspecified atom stereocenters. The van der Waals surface area contributed by atoms with Crippen molar-refractivity contribution in [2.75, 3.05) is 19.8 Å². The standard InChI is InChI=1S/C13H25NO2/c1-10-3-4-12(7-10)14-11(2)8-16-13-5-6-15-9-13/h10-14H,3-9H2,1-2H3. The molecule has 1 saturated heterocycles. The van der Waals surface area contributed by atoms with E-state index in [1.807, 2.05) is 0 Å². The van der Waals surface area contributed by atoms with Crippen LogP contribution in [0.1, 0.15) is 39.5 Å². The minimum Gasteiger partial charge on any atom is -0.379 e. The van der Waals surface area contributed by atoms with Crippen LogP contribution in [0.5, 0.6) is 0 Å². The maximum absolute atomic E-state index is 5.81. The van der Waals surface area contributed by atoms with Crippen LogP contribution in [0.3, 0.4) is 0 Å². The largest absolute Gasteiger partial charge is 0.379 e. The second-order valence-corrected chi connectivity index (χ2v) is 5.50. The molecule has 0 bridgehead atoms. The van der Waals surface area contributed by atoms with Crippen molar-refractivity contribution in [3.05, 3.63) is 0 Å². The molecule has 2 rings (SSSR count). The maximum atomic E-state index is 5.81. The Morgan fingerprint density at radius 1 is 1.38 bits per heavy atom. The summed E-state index contributed by atoms with van der Waals surface area (Å²) in [4.78, 5) is 0. The van der Waals surface area contributed by atoms with E-state index in [1.54, 1.807) is 0 Å². The van der Waals surface area contributed by atoms with Crippen LogP contribution in [0, 0.1) is 5.92 Å². The fourth-order valence-corrected chi connectivity index (χ4v) is 2.73. The van der Waals surface area contributed by atoms with Gasteiger partial charge in [0.15, 0.2) is 0 Å². The van der Waals surface area contributed by atoms with Gasteiger partial charge in [-0.2, -0.15) is 0 Å². The first-order valence-corrected chi connectivity index (χ1v) is 6.69. The normalized spacial score (nSPS) is 36.8. The van der Waals surface area contributed by atoms with Crippen molar-refractivity contribution in [1.29, 1.82) is 0 Å². The molecule has 2 aliphatic rings. The van der Waals surface area contributed by atoms with Gasteiger partial charge in [0.2, 0.25) is 0 Å². The topological polar surface area (TPSA) is 30.5 Å². The molecule has 0 spiro atoms. The first-order chi connectivity index (χ1) is 7.74. The first kappa shape index (κ1) is 12.3.